The van der Waals surface area contributed by atoms with E-state index in [1.165, 1.54) is 0 Å². The maximum absolute atomic E-state index is 12.7. The Morgan fingerprint density at radius 1 is 1.25 bits per heavy atom. The molecular weight excluding hydrogens is 223 g/mol. The second-order valence-corrected chi connectivity index (χ2v) is 3.13. The topological polar surface area (TPSA) is 49.3 Å². The van der Waals surface area contributed by atoms with Gasteiger partial charge in [-0.05, 0) is 6.42 Å². The molecule has 3 nitrogen and oxygen atoms in total. The molecule has 0 spiro atoms. The van der Waals surface area contributed by atoms with Crippen LogP contribution < -0.4 is 5.32 Å². The van der Waals surface area contributed by atoms with Gasteiger partial charge in [-0.25, -0.2) is 13.2 Å². The smallest absolute Gasteiger partial charge is 0.224 e. The van der Waals surface area contributed by atoms with Crippen LogP contribution in [0.2, 0.25) is 0 Å². The summed E-state index contributed by atoms with van der Waals surface area (Å²) in [5.74, 6) is -4.80. The van der Waals surface area contributed by atoms with Crippen LogP contribution in [0.3, 0.4) is 0 Å². The lowest BCUT2D eigenvalue weighted by Gasteiger charge is -2.05. The molecule has 16 heavy (non-hydrogen) atoms. The summed E-state index contributed by atoms with van der Waals surface area (Å²) >= 11 is 0. The molecule has 2 N–H and O–H groups in total. The van der Waals surface area contributed by atoms with Gasteiger partial charge < -0.3 is 10.4 Å². The Bertz CT molecular complexity index is 373. The van der Waals surface area contributed by atoms with E-state index >= 15 is 0 Å². The fourth-order valence-electron chi connectivity index (χ4n) is 1.09. The first-order valence-corrected chi connectivity index (χ1v) is 4.60. The van der Waals surface area contributed by atoms with Gasteiger partial charge in [0.25, 0.3) is 0 Å². The van der Waals surface area contributed by atoms with E-state index in [4.69, 9.17) is 5.11 Å². The van der Waals surface area contributed by atoms with E-state index in [-0.39, 0.29) is 25.1 Å². The molecule has 0 aromatic heterocycles. The van der Waals surface area contributed by atoms with Crippen LogP contribution in [0.15, 0.2) is 12.1 Å². The quantitative estimate of drug-likeness (QED) is 0.779. The molecule has 1 rings (SSSR count). The van der Waals surface area contributed by atoms with E-state index in [0.717, 1.165) is 0 Å². The molecule has 0 aliphatic heterocycles. The summed E-state index contributed by atoms with van der Waals surface area (Å²) in [6, 6.07) is 1.38. The normalized spacial score (nSPS) is 10.2. The average molecular weight is 233 g/mol. The van der Waals surface area contributed by atoms with E-state index in [0.29, 0.717) is 12.1 Å². The third-order valence-electron chi connectivity index (χ3n) is 1.83. The third kappa shape index (κ3) is 3.23. The molecular formula is C10H10F3NO2. The number of anilines is 1. The van der Waals surface area contributed by atoms with Gasteiger partial charge in [-0.1, -0.05) is 0 Å². The van der Waals surface area contributed by atoms with Gasteiger partial charge in [-0.3, -0.25) is 4.79 Å². The largest absolute Gasteiger partial charge is 0.396 e. The number of benzene rings is 1. The van der Waals surface area contributed by atoms with Gasteiger partial charge in [0.15, 0.2) is 17.5 Å². The van der Waals surface area contributed by atoms with Gasteiger partial charge in [0.1, 0.15) is 0 Å². The van der Waals surface area contributed by atoms with Crippen molar-refractivity contribution in [3.05, 3.63) is 29.6 Å². The van der Waals surface area contributed by atoms with Gasteiger partial charge in [0, 0.05) is 30.8 Å². The molecule has 0 unspecified atom stereocenters. The predicted octanol–water partition coefficient (Wildman–Crippen LogP) is 1.81. The van der Waals surface area contributed by atoms with Crippen molar-refractivity contribution in [2.75, 3.05) is 11.9 Å². The Kier molecular flexibility index (Phi) is 4.30. The Labute approximate surface area is 89.9 Å². The third-order valence-corrected chi connectivity index (χ3v) is 1.83. The monoisotopic (exact) mass is 233 g/mol. The minimum Gasteiger partial charge on any atom is -0.396 e. The first-order valence-electron chi connectivity index (χ1n) is 4.60. The van der Waals surface area contributed by atoms with Crippen molar-refractivity contribution >= 4 is 11.6 Å². The molecule has 0 atom stereocenters. The Morgan fingerprint density at radius 3 is 2.31 bits per heavy atom. The number of hydrogen-bond donors (Lipinski definition) is 2. The highest BCUT2D eigenvalue weighted by Gasteiger charge is 2.11. The Hall–Kier alpha value is -1.56. The number of hydrogen-bond acceptors (Lipinski definition) is 2. The van der Waals surface area contributed by atoms with Crippen LogP contribution in [-0.2, 0) is 4.79 Å². The molecule has 6 heteroatoms. The predicted molar refractivity (Wildman–Crippen MR) is 51.3 cm³/mol. The SMILES string of the molecule is O=C(CCCO)Nc1cc(F)c(F)c(F)c1. The van der Waals surface area contributed by atoms with E-state index < -0.39 is 23.4 Å². The summed E-state index contributed by atoms with van der Waals surface area (Å²) < 4.78 is 38.0. The lowest BCUT2D eigenvalue weighted by molar-refractivity contribution is -0.116. The van der Waals surface area contributed by atoms with Crippen LogP contribution in [0.25, 0.3) is 0 Å². The highest BCUT2D eigenvalue weighted by molar-refractivity contribution is 5.90. The number of aliphatic hydroxyl groups is 1. The standard InChI is InChI=1S/C10H10F3NO2/c11-7-4-6(5-8(12)10(7)13)14-9(16)2-1-3-15/h4-5,15H,1-3H2,(H,14,16). The molecule has 0 saturated carbocycles. The molecule has 1 aromatic carbocycles. The maximum Gasteiger partial charge on any atom is 0.224 e. The second-order valence-electron chi connectivity index (χ2n) is 3.13. The number of carbonyl (C=O) groups excluding carboxylic acids is 1. The van der Waals surface area contributed by atoms with Gasteiger partial charge in [-0.2, -0.15) is 0 Å². The van der Waals surface area contributed by atoms with E-state index in [2.05, 4.69) is 5.32 Å². The molecule has 0 radical (unpaired) electrons. The Balaban J connectivity index is 2.71. The molecule has 0 bridgehead atoms. The van der Waals surface area contributed by atoms with Crippen LogP contribution in [0, 0.1) is 17.5 Å². The second kappa shape index (κ2) is 5.50. The van der Waals surface area contributed by atoms with Gasteiger partial charge in [0.05, 0.1) is 0 Å². The summed E-state index contributed by atoms with van der Waals surface area (Å²) in [5, 5.41) is 10.6. The van der Waals surface area contributed by atoms with Gasteiger partial charge in [-0.15, -0.1) is 0 Å². The number of aliphatic hydroxyl groups excluding tert-OH is 1. The number of nitrogens with one attached hydrogen (secondary N) is 1. The Morgan fingerprint density at radius 2 is 1.81 bits per heavy atom. The first kappa shape index (κ1) is 12.5. The number of rotatable bonds is 4. The molecule has 88 valence electrons. The van der Waals surface area contributed by atoms with E-state index in [1.807, 2.05) is 0 Å². The number of carbonyl (C=O) groups is 1. The lowest BCUT2D eigenvalue weighted by atomic mass is 10.2. The van der Waals surface area contributed by atoms with Crippen LogP contribution >= 0.6 is 0 Å². The molecule has 1 aromatic rings. The zero-order valence-corrected chi connectivity index (χ0v) is 8.27. The van der Waals surface area contributed by atoms with Crippen LogP contribution in [0.4, 0.5) is 18.9 Å². The van der Waals surface area contributed by atoms with E-state index in [9.17, 15) is 18.0 Å². The molecule has 1 amide bonds. The van der Waals surface area contributed by atoms with Crippen molar-refractivity contribution in [2.45, 2.75) is 12.8 Å². The summed E-state index contributed by atoms with van der Waals surface area (Å²) in [6.45, 7) is -0.153. The molecule has 0 heterocycles. The highest BCUT2D eigenvalue weighted by atomic mass is 19.2. The minimum atomic E-state index is -1.58. The van der Waals surface area contributed by atoms with Crippen molar-refractivity contribution in [2.24, 2.45) is 0 Å². The minimum absolute atomic E-state index is 0.0249. The van der Waals surface area contributed by atoms with Crippen molar-refractivity contribution in [1.82, 2.24) is 0 Å². The molecule has 0 aliphatic carbocycles. The first-order chi connectivity index (χ1) is 7.54. The maximum atomic E-state index is 12.7. The molecule has 0 aliphatic rings. The highest BCUT2D eigenvalue weighted by Crippen LogP contribution is 2.17. The van der Waals surface area contributed by atoms with Crippen LogP contribution in [0.5, 0.6) is 0 Å². The molecule has 0 saturated heterocycles. The summed E-state index contributed by atoms with van der Waals surface area (Å²) in [6.07, 6.45) is 0.273. The van der Waals surface area contributed by atoms with Crippen molar-refractivity contribution in [3.8, 4) is 0 Å². The summed E-state index contributed by atoms with van der Waals surface area (Å²) in [4.78, 5) is 11.1. The van der Waals surface area contributed by atoms with Crippen molar-refractivity contribution in [1.29, 1.82) is 0 Å². The van der Waals surface area contributed by atoms with Crippen LogP contribution in [-0.4, -0.2) is 17.6 Å². The van der Waals surface area contributed by atoms with Crippen LogP contribution in [0.1, 0.15) is 12.8 Å². The molecule has 0 fully saturated rings. The van der Waals surface area contributed by atoms with Gasteiger partial charge >= 0.3 is 0 Å². The van der Waals surface area contributed by atoms with Crippen molar-refractivity contribution < 1.29 is 23.1 Å². The lowest BCUT2D eigenvalue weighted by Crippen LogP contribution is -2.12. The van der Waals surface area contributed by atoms with Gasteiger partial charge in [0.2, 0.25) is 5.91 Å². The summed E-state index contributed by atoms with van der Waals surface area (Å²) in [5.41, 5.74) is -0.153. The zero-order chi connectivity index (χ0) is 12.1. The fraction of sp³-hybridized carbons (Fsp3) is 0.300. The zero-order valence-electron chi connectivity index (χ0n) is 8.27. The fourth-order valence-corrected chi connectivity index (χ4v) is 1.09. The van der Waals surface area contributed by atoms with E-state index in [1.54, 1.807) is 0 Å². The van der Waals surface area contributed by atoms with Crippen molar-refractivity contribution in [3.63, 3.8) is 0 Å². The number of amides is 1. The average Bonchev–Trinajstić information content (AvgIpc) is 2.23. The number of halogens is 3. The summed E-state index contributed by atoms with van der Waals surface area (Å²) in [7, 11) is 0.